The fraction of sp³-hybridized carbons (Fsp3) is 1.00. The molecule has 0 radical (unpaired) electrons. The number of aliphatic hydroxyl groups excluding tert-OH is 1. The Kier molecular flexibility index (Phi) is 5.42. The summed E-state index contributed by atoms with van der Waals surface area (Å²) >= 11 is 0. The summed E-state index contributed by atoms with van der Waals surface area (Å²) in [5.41, 5.74) is -0.0230. The third kappa shape index (κ3) is 4.23. The van der Waals surface area contributed by atoms with Crippen molar-refractivity contribution in [2.75, 3.05) is 6.54 Å². The lowest BCUT2D eigenvalue weighted by atomic mass is 9.81. The van der Waals surface area contributed by atoms with Gasteiger partial charge >= 0.3 is 0 Å². The monoisotopic (exact) mass is 243 g/mol. The molecule has 1 rings (SSSR count). The summed E-state index contributed by atoms with van der Waals surface area (Å²) in [5, 5.41) is 13.5. The Balaban J connectivity index is 2.44. The van der Waals surface area contributed by atoms with Gasteiger partial charge in [-0.05, 0) is 40.0 Å². The van der Waals surface area contributed by atoms with Crippen molar-refractivity contribution in [1.82, 2.24) is 5.32 Å². The summed E-state index contributed by atoms with van der Waals surface area (Å²) in [7, 11) is 0. The summed E-state index contributed by atoms with van der Waals surface area (Å²) < 4.78 is 5.73. The minimum Gasteiger partial charge on any atom is -0.393 e. The molecule has 1 fully saturated rings. The number of hydrogen-bond donors (Lipinski definition) is 2. The fourth-order valence-electron chi connectivity index (χ4n) is 2.52. The Morgan fingerprint density at radius 1 is 1.35 bits per heavy atom. The maximum atomic E-state index is 9.84. The molecule has 1 aliphatic heterocycles. The van der Waals surface area contributed by atoms with Gasteiger partial charge in [0.05, 0.1) is 18.3 Å². The van der Waals surface area contributed by atoms with E-state index >= 15 is 0 Å². The van der Waals surface area contributed by atoms with E-state index in [2.05, 4.69) is 33.0 Å². The van der Waals surface area contributed by atoms with Crippen LogP contribution < -0.4 is 5.32 Å². The molecule has 5 atom stereocenters. The number of aliphatic hydroxyl groups is 1. The van der Waals surface area contributed by atoms with Crippen LogP contribution in [0.1, 0.15) is 53.9 Å². The first kappa shape index (κ1) is 14.9. The first-order valence-electron chi connectivity index (χ1n) is 6.94. The van der Waals surface area contributed by atoms with E-state index in [0.29, 0.717) is 18.2 Å². The Hall–Kier alpha value is -0.120. The van der Waals surface area contributed by atoms with Gasteiger partial charge in [0.25, 0.3) is 0 Å². The molecule has 1 heterocycles. The highest BCUT2D eigenvalue weighted by Crippen LogP contribution is 2.26. The predicted octanol–water partition coefficient (Wildman–Crippen LogP) is 2.33. The Labute approximate surface area is 106 Å². The van der Waals surface area contributed by atoms with Gasteiger partial charge in [-0.2, -0.15) is 0 Å². The van der Waals surface area contributed by atoms with Gasteiger partial charge in [-0.25, -0.2) is 0 Å². The fourth-order valence-corrected chi connectivity index (χ4v) is 2.52. The smallest absolute Gasteiger partial charge is 0.0577 e. The second kappa shape index (κ2) is 6.17. The van der Waals surface area contributed by atoms with Gasteiger partial charge in [0.15, 0.2) is 0 Å². The molecule has 0 aliphatic carbocycles. The molecule has 2 N–H and O–H groups in total. The zero-order chi connectivity index (χ0) is 13.1. The molecule has 1 saturated heterocycles. The van der Waals surface area contributed by atoms with Crippen LogP contribution in [0.5, 0.6) is 0 Å². The van der Waals surface area contributed by atoms with Crippen LogP contribution >= 0.6 is 0 Å². The van der Waals surface area contributed by atoms with Crippen molar-refractivity contribution in [2.24, 2.45) is 5.41 Å². The van der Waals surface area contributed by atoms with Gasteiger partial charge in [-0.3, -0.25) is 0 Å². The van der Waals surface area contributed by atoms with Gasteiger partial charge in [-0.1, -0.05) is 13.8 Å². The van der Waals surface area contributed by atoms with Crippen molar-refractivity contribution in [3.63, 3.8) is 0 Å². The molecule has 0 aromatic rings. The van der Waals surface area contributed by atoms with Crippen molar-refractivity contribution in [1.29, 1.82) is 0 Å². The molecule has 0 aromatic carbocycles. The molecule has 3 heteroatoms. The van der Waals surface area contributed by atoms with E-state index in [1.807, 2.05) is 6.92 Å². The van der Waals surface area contributed by atoms with Crippen molar-refractivity contribution in [3.05, 3.63) is 0 Å². The molecule has 0 amide bonds. The van der Waals surface area contributed by atoms with E-state index in [9.17, 15) is 5.11 Å². The van der Waals surface area contributed by atoms with E-state index in [4.69, 9.17) is 4.74 Å². The lowest BCUT2D eigenvalue weighted by Gasteiger charge is -2.37. The SMILES string of the molecule is CC[C@](C)(CNC1C[C@@H](C)O[C@@H](C)C1)[C@H](C)O. The van der Waals surface area contributed by atoms with Crippen molar-refractivity contribution >= 4 is 0 Å². The van der Waals surface area contributed by atoms with E-state index in [1.54, 1.807) is 0 Å². The van der Waals surface area contributed by atoms with Crippen LogP contribution in [-0.4, -0.2) is 36.0 Å². The lowest BCUT2D eigenvalue weighted by molar-refractivity contribution is -0.0453. The lowest BCUT2D eigenvalue weighted by Crippen LogP contribution is -2.47. The number of hydrogen-bond acceptors (Lipinski definition) is 3. The second-order valence-electron chi connectivity index (χ2n) is 5.99. The molecular formula is C14H29NO2. The highest BCUT2D eigenvalue weighted by atomic mass is 16.5. The van der Waals surface area contributed by atoms with Crippen LogP contribution in [0.15, 0.2) is 0 Å². The van der Waals surface area contributed by atoms with E-state index in [-0.39, 0.29) is 11.5 Å². The molecule has 17 heavy (non-hydrogen) atoms. The van der Waals surface area contributed by atoms with Gasteiger partial charge < -0.3 is 15.2 Å². The Morgan fingerprint density at radius 2 is 1.88 bits per heavy atom. The second-order valence-corrected chi connectivity index (χ2v) is 5.99. The summed E-state index contributed by atoms with van der Waals surface area (Å²) in [6.07, 6.45) is 3.56. The van der Waals surface area contributed by atoms with Crippen LogP contribution in [0, 0.1) is 5.41 Å². The van der Waals surface area contributed by atoms with Crippen molar-refractivity contribution < 1.29 is 9.84 Å². The number of rotatable bonds is 5. The summed E-state index contributed by atoms with van der Waals surface area (Å²) in [6, 6.07) is 0.526. The average molecular weight is 243 g/mol. The Bertz CT molecular complexity index is 222. The van der Waals surface area contributed by atoms with E-state index < -0.39 is 0 Å². The minimum absolute atomic E-state index is 0.0230. The van der Waals surface area contributed by atoms with Crippen LogP contribution in [0.25, 0.3) is 0 Å². The zero-order valence-corrected chi connectivity index (χ0v) is 12.0. The van der Waals surface area contributed by atoms with E-state index in [1.165, 1.54) is 0 Å². The first-order chi connectivity index (χ1) is 7.87. The quantitative estimate of drug-likeness (QED) is 0.778. The van der Waals surface area contributed by atoms with Gasteiger partial charge in [0.1, 0.15) is 0 Å². The van der Waals surface area contributed by atoms with Crippen LogP contribution in [0.3, 0.4) is 0 Å². The van der Waals surface area contributed by atoms with Crippen molar-refractivity contribution in [2.45, 2.75) is 78.2 Å². The third-order valence-electron chi connectivity index (χ3n) is 4.31. The third-order valence-corrected chi connectivity index (χ3v) is 4.31. The Morgan fingerprint density at radius 3 is 2.29 bits per heavy atom. The van der Waals surface area contributed by atoms with Crippen molar-refractivity contribution in [3.8, 4) is 0 Å². The highest BCUT2D eigenvalue weighted by Gasteiger charge is 2.30. The summed E-state index contributed by atoms with van der Waals surface area (Å²) in [5.74, 6) is 0. The van der Waals surface area contributed by atoms with Crippen LogP contribution in [0.4, 0.5) is 0 Å². The largest absolute Gasteiger partial charge is 0.393 e. The van der Waals surface area contributed by atoms with Crippen LogP contribution in [0.2, 0.25) is 0 Å². The molecule has 1 unspecified atom stereocenters. The first-order valence-corrected chi connectivity index (χ1v) is 6.94. The predicted molar refractivity (Wildman–Crippen MR) is 71.1 cm³/mol. The van der Waals surface area contributed by atoms with Crippen LogP contribution in [-0.2, 0) is 4.74 Å². The topological polar surface area (TPSA) is 41.5 Å². The van der Waals surface area contributed by atoms with Gasteiger partial charge in [0, 0.05) is 18.0 Å². The maximum absolute atomic E-state index is 9.84. The summed E-state index contributed by atoms with van der Waals surface area (Å²) in [4.78, 5) is 0. The minimum atomic E-state index is -0.269. The number of ether oxygens (including phenoxy) is 1. The van der Waals surface area contributed by atoms with E-state index in [0.717, 1.165) is 25.8 Å². The highest BCUT2D eigenvalue weighted by molar-refractivity contribution is 4.85. The molecule has 102 valence electrons. The number of nitrogens with one attached hydrogen (secondary N) is 1. The van der Waals surface area contributed by atoms with Gasteiger partial charge in [-0.15, -0.1) is 0 Å². The molecule has 1 aliphatic rings. The molecular weight excluding hydrogens is 214 g/mol. The molecule has 0 saturated carbocycles. The standard InChI is InChI=1S/C14H29NO2/c1-6-14(5,12(4)16)9-15-13-7-10(2)17-11(3)8-13/h10-13,15-16H,6-9H2,1-5H3/t10-,11+,12-,13?,14+/m0/s1. The van der Waals surface area contributed by atoms with Gasteiger partial charge in [0.2, 0.25) is 0 Å². The molecule has 3 nitrogen and oxygen atoms in total. The zero-order valence-electron chi connectivity index (χ0n) is 12.0. The average Bonchev–Trinajstić information content (AvgIpc) is 2.24. The normalized spacial score (nSPS) is 35.3. The molecule has 0 spiro atoms. The molecule has 0 aromatic heterocycles. The maximum Gasteiger partial charge on any atom is 0.0577 e. The summed E-state index contributed by atoms with van der Waals surface area (Å²) in [6.45, 7) is 11.3. The molecule has 0 bridgehead atoms.